The van der Waals surface area contributed by atoms with Gasteiger partial charge in [-0.2, -0.15) is 5.10 Å². The predicted octanol–water partition coefficient (Wildman–Crippen LogP) is 2.32. The van der Waals surface area contributed by atoms with E-state index in [2.05, 4.69) is 5.10 Å². The van der Waals surface area contributed by atoms with Crippen molar-refractivity contribution < 1.29 is 14.6 Å². The van der Waals surface area contributed by atoms with Crippen molar-refractivity contribution in [3.63, 3.8) is 0 Å². The van der Waals surface area contributed by atoms with Crippen molar-refractivity contribution >= 4 is 0 Å². The Balaban J connectivity index is 1.87. The molecule has 0 spiro atoms. The van der Waals surface area contributed by atoms with Crippen molar-refractivity contribution in [3.05, 3.63) is 41.7 Å². The topological polar surface area (TPSA) is 56.5 Å². The minimum atomic E-state index is -0.710. The zero-order valence-corrected chi connectivity index (χ0v) is 11.6. The van der Waals surface area contributed by atoms with Crippen molar-refractivity contribution in [3.8, 4) is 11.5 Å². The molecular weight excluding hydrogens is 256 g/mol. The summed E-state index contributed by atoms with van der Waals surface area (Å²) in [5, 5.41) is 14.7. The van der Waals surface area contributed by atoms with Crippen molar-refractivity contribution in [2.45, 2.75) is 26.0 Å². The summed E-state index contributed by atoms with van der Waals surface area (Å²) in [5.74, 6) is 1.41. The number of nitrogens with zero attached hydrogens (tertiary/aromatic N) is 2. The van der Waals surface area contributed by atoms with Crippen LogP contribution in [0.1, 0.15) is 37.1 Å². The molecule has 2 heterocycles. The molecule has 2 aromatic rings. The summed E-state index contributed by atoms with van der Waals surface area (Å²) < 4.78 is 12.8. The van der Waals surface area contributed by atoms with E-state index in [0.717, 1.165) is 16.9 Å². The number of benzene rings is 1. The van der Waals surface area contributed by atoms with Gasteiger partial charge < -0.3 is 14.6 Å². The van der Waals surface area contributed by atoms with E-state index in [0.29, 0.717) is 19.0 Å². The van der Waals surface area contributed by atoms with Crippen LogP contribution in [-0.2, 0) is 0 Å². The molecule has 1 atom stereocenters. The Bertz CT molecular complexity index is 607. The lowest BCUT2D eigenvalue weighted by atomic mass is 10.0. The van der Waals surface area contributed by atoms with Gasteiger partial charge in [-0.1, -0.05) is 6.07 Å². The normalized spacial score (nSPS) is 15.4. The van der Waals surface area contributed by atoms with Crippen molar-refractivity contribution in [2.24, 2.45) is 0 Å². The number of aliphatic hydroxyl groups excluding tert-OH is 1. The molecule has 1 aliphatic rings. The first-order valence-electron chi connectivity index (χ1n) is 6.77. The summed E-state index contributed by atoms with van der Waals surface area (Å²) in [4.78, 5) is 0. The number of fused-ring (bicyclic) bond motifs is 1. The fraction of sp³-hybridized carbons (Fsp3) is 0.400. The smallest absolute Gasteiger partial charge is 0.161 e. The van der Waals surface area contributed by atoms with Gasteiger partial charge >= 0.3 is 0 Å². The number of ether oxygens (including phenoxy) is 2. The maximum atomic E-state index is 10.4. The average molecular weight is 274 g/mol. The summed E-state index contributed by atoms with van der Waals surface area (Å²) in [7, 11) is 0. The number of aromatic nitrogens is 2. The minimum Gasteiger partial charge on any atom is -0.486 e. The summed E-state index contributed by atoms with van der Waals surface area (Å²) in [6.07, 6.45) is 2.85. The molecule has 0 amide bonds. The van der Waals surface area contributed by atoms with E-state index in [1.54, 1.807) is 6.20 Å². The summed E-state index contributed by atoms with van der Waals surface area (Å²) >= 11 is 0. The molecule has 0 saturated carbocycles. The largest absolute Gasteiger partial charge is 0.486 e. The Hall–Kier alpha value is -2.01. The van der Waals surface area contributed by atoms with E-state index in [1.165, 1.54) is 0 Å². The van der Waals surface area contributed by atoms with Gasteiger partial charge in [-0.25, -0.2) is 0 Å². The Morgan fingerprint density at radius 2 is 1.90 bits per heavy atom. The highest BCUT2D eigenvalue weighted by Gasteiger charge is 2.18. The van der Waals surface area contributed by atoms with Crippen LogP contribution >= 0.6 is 0 Å². The summed E-state index contributed by atoms with van der Waals surface area (Å²) in [5.41, 5.74) is 1.55. The van der Waals surface area contributed by atoms with Gasteiger partial charge in [0.1, 0.15) is 19.3 Å². The van der Waals surface area contributed by atoms with Crippen molar-refractivity contribution in [1.82, 2.24) is 9.78 Å². The molecule has 1 aliphatic heterocycles. The molecule has 1 N–H and O–H groups in total. The number of hydrogen-bond donors (Lipinski definition) is 1. The van der Waals surface area contributed by atoms with Crippen LogP contribution in [0.5, 0.6) is 11.5 Å². The molecule has 1 unspecified atom stereocenters. The minimum absolute atomic E-state index is 0.274. The lowest BCUT2D eigenvalue weighted by Gasteiger charge is -2.20. The van der Waals surface area contributed by atoms with Crippen LogP contribution in [0.15, 0.2) is 30.6 Å². The van der Waals surface area contributed by atoms with E-state index in [4.69, 9.17) is 9.47 Å². The zero-order valence-electron chi connectivity index (χ0n) is 11.6. The third-order valence-corrected chi connectivity index (χ3v) is 3.35. The molecule has 0 fully saturated rings. The number of hydrogen-bond acceptors (Lipinski definition) is 4. The van der Waals surface area contributed by atoms with Gasteiger partial charge in [0.25, 0.3) is 0 Å². The van der Waals surface area contributed by atoms with Crippen LogP contribution in [-0.4, -0.2) is 28.1 Å². The summed E-state index contributed by atoms with van der Waals surface area (Å²) in [6, 6.07) is 5.78. The van der Waals surface area contributed by atoms with Gasteiger partial charge in [0.15, 0.2) is 11.5 Å². The van der Waals surface area contributed by atoms with E-state index in [1.807, 2.05) is 42.9 Å². The van der Waals surface area contributed by atoms with E-state index in [9.17, 15) is 5.11 Å². The van der Waals surface area contributed by atoms with Crippen LogP contribution in [0.25, 0.3) is 0 Å². The predicted molar refractivity (Wildman–Crippen MR) is 74.1 cm³/mol. The highest BCUT2D eigenvalue weighted by molar-refractivity contribution is 5.45. The molecule has 1 aromatic heterocycles. The standard InChI is InChI=1S/C15H18N2O3/c1-10(2)17-9-12(8-16-17)15(18)11-3-4-13-14(7-11)20-6-5-19-13/h3-4,7-10,15,18H,5-6H2,1-2H3. The van der Waals surface area contributed by atoms with Gasteiger partial charge in [-0.15, -0.1) is 0 Å². The first-order valence-corrected chi connectivity index (χ1v) is 6.77. The summed E-state index contributed by atoms with van der Waals surface area (Å²) in [6.45, 7) is 5.20. The lowest BCUT2D eigenvalue weighted by Crippen LogP contribution is -2.15. The van der Waals surface area contributed by atoms with E-state index >= 15 is 0 Å². The molecule has 1 aromatic carbocycles. The van der Waals surface area contributed by atoms with Crippen LogP contribution in [0.2, 0.25) is 0 Å². The monoisotopic (exact) mass is 274 g/mol. The first-order chi connectivity index (χ1) is 9.65. The van der Waals surface area contributed by atoms with E-state index < -0.39 is 6.10 Å². The maximum Gasteiger partial charge on any atom is 0.161 e. The second-order valence-electron chi connectivity index (χ2n) is 5.15. The number of rotatable bonds is 3. The third kappa shape index (κ3) is 2.36. The second-order valence-corrected chi connectivity index (χ2v) is 5.15. The van der Waals surface area contributed by atoms with Crippen LogP contribution in [0.3, 0.4) is 0 Å². The van der Waals surface area contributed by atoms with E-state index in [-0.39, 0.29) is 6.04 Å². The van der Waals surface area contributed by atoms with Gasteiger partial charge in [-0.3, -0.25) is 4.68 Å². The second kappa shape index (κ2) is 5.17. The molecule has 0 saturated heterocycles. The molecule has 0 bridgehead atoms. The lowest BCUT2D eigenvalue weighted by molar-refractivity contribution is 0.169. The zero-order chi connectivity index (χ0) is 14.1. The van der Waals surface area contributed by atoms with Gasteiger partial charge in [0, 0.05) is 17.8 Å². The molecule has 0 aliphatic carbocycles. The molecule has 5 heteroatoms. The van der Waals surface area contributed by atoms with Gasteiger partial charge in [-0.05, 0) is 31.5 Å². The average Bonchev–Trinajstić information content (AvgIpc) is 2.96. The van der Waals surface area contributed by atoms with Gasteiger partial charge in [0.05, 0.1) is 6.20 Å². The van der Waals surface area contributed by atoms with Crippen LogP contribution in [0.4, 0.5) is 0 Å². The van der Waals surface area contributed by atoms with Crippen LogP contribution < -0.4 is 9.47 Å². The SMILES string of the molecule is CC(C)n1cc(C(O)c2ccc3c(c2)OCCO3)cn1. The highest BCUT2D eigenvalue weighted by Crippen LogP contribution is 2.34. The molecule has 3 rings (SSSR count). The fourth-order valence-electron chi connectivity index (χ4n) is 2.20. The maximum absolute atomic E-state index is 10.4. The molecule has 20 heavy (non-hydrogen) atoms. The highest BCUT2D eigenvalue weighted by atomic mass is 16.6. The molecule has 0 radical (unpaired) electrons. The Morgan fingerprint density at radius 1 is 1.15 bits per heavy atom. The third-order valence-electron chi connectivity index (χ3n) is 3.35. The molecule has 106 valence electrons. The van der Waals surface area contributed by atoms with Crippen molar-refractivity contribution in [1.29, 1.82) is 0 Å². The quantitative estimate of drug-likeness (QED) is 0.933. The van der Waals surface area contributed by atoms with Crippen molar-refractivity contribution in [2.75, 3.05) is 13.2 Å². The van der Waals surface area contributed by atoms with Crippen LogP contribution in [0, 0.1) is 0 Å². The Labute approximate surface area is 117 Å². The molecule has 5 nitrogen and oxygen atoms in total. The fourth-order valence-corrected chi connectivity index (χ4v) is 2.20. The molecular formula is C15H18N2O3. The van der Waals surface area contributed by atoms with Gasteiger partial charge in [0.2, 0.25) is 0 Å². The first kappa shape index (κ1) is 13.0. The Kier molecular flexibility index (Phi) is 3.36. The number of aliphatic hydroxyl groups is 1. The Morgan fingerprint density at radius 3 is 2.60 bits per heavy atom.